The van der Waals surface area contributed by atoms with Crippen LogP contribution < -0.4 is 0 Å². The summed E-state index contributed by atoms with van der Waals surface area (Å²) in [5.74, 6) is -0.367. The number of epoxide rings is 1. The van der Waals surface area contributed by atoms with Crippen molar-refractivity contribution < 1.29 is 18.7 Å². The Labute approximate surface area is 138 Å². The van der Waals surface area contributed by atoms with Crippen LogP contribution in [0.2, 0.25) is 0 Å². The highest BCUT2D eigenvalue weighted by molar-refractivity contribution is 5.82. The SMILES string of the molecule is CCOC(=O)C1(CCCCCCCCc2ccc(F)cc2)CO1. The average molecular weight is 322 g/mol. The Morgan fingerprint density at radius 2 is 1.74 bits per heavy atom. The van der Waals surface area contributed by atoms with Crippen molar-refractivity contribution in [1.82, 2.24) is 0 Å². The zero-order chi connectivity index (χ0) is 16.5. The van der Waals surface area contributed by atoms with Gasteiger partial charge >= 0.3 is 5.97 Å². The molecule has 0 radical (unpaired) electrons. The molecule has 1 aliphatic rings. The predicted molar refractivity (Wildman–Crippen MR) is 87.7 cm³/mol. The van der Waals surface area contributed by atoms with E-state index in [1.54, 1.807) is 0 Å². The highest BCUT2D eigenvalue weighted by Gasteiger charge is 2.52. The monoisotopic (exact) mass is 322 g/mol. The summed E-state index contributed by atoms with van der Waals surface area (Å²) in [7, 11) is 0. The van der Waals surface area contributed by atoms with Crippen molar-refractivity contribution in [3.8, 4) is 0 Å². The molecule has 1 aromatic carbocycles. The van der Waals surface area contributed by atoms with Crippen molar-refractivity contribution in [3.05, 3.63) is 35.6 Å². The lowest BCUT2D eigenvalue weighted by Gasteiger charge is -2.10. The third-order valence-electron chi connectivity index (χ3n) is 4.35. The molecule has 2 rings (SSSR count). The van der Waals surface area contributed by atoms with E-state index in [0.29, 0.717) is 13.2 Å². The number of hydrogen-bond donors (Lipinski definition) is 0. The van der Waals surface area contributed by atoms with Gasteiger partial charge in [0.1, 0.15) is 5.82 Å². The maximum atomic E-state index is 12.8. The number of halogens is 1. The number of benzene rings is 1. The molecule has 0 spiro atoms. The molecule has 0 saturated carbocycles. The highest BCUT2D eigenvalue weighted by Crippen LogP contribution is 2.34. The fourth-order valence-electron chi connectivity index (χ4n) is 2.81. The van der Waals surface area contributed by atoms with Crippen LogP contribution in [0.4, 0.5) is 4.39 Å². The standard InChI is InChI=1S/C19H27FO3/c1-2-22-18(21)19(15-23-19)14-8-6-4-3-5-7-9-16-10-12-17(20)13-11-16/h10-13H,2-9,14-15H2,1H3. The van der Waals surface area contributed by atoms with E-state index in [1.807, 2.05) is 19.1 Å². The van der Waals surface area contributed by atoms with Crippen LogP contribution >= 0.6 is 0 Å². The molecule has 3 nitrogen and oxygen atoms in total. The number of unbranched alkanes of at least 4 members (excludes halogenated alkanes) is 5. The van der Waals surface area contributed by atoms with Crippen LogP contribution in [-0.2, 0) is 20.7 Å². The molecule has 0 aromatic heterocycles. The Hall–Kier alpha value is -1.42. The van der Waals surface area contributed by atoms with Gasteiger partial charge in [0.2, 0.25) is 0 Å². The van der Waals surface area contributed by atoms with Crippen LogP contribution in [0.3, 0.4) is 0 Å². The van der Waals surface area contributed by atoms with Gasteiger partial charge in [-0.05, 0) is 50.3 Å². The molecular weight excluding hydrogens is 295 g/mol. The summed E-state index contributed by atoms with van der Waals surface area (Å²) in [5, 5.41) is 0. The van der Waals surface area contributed by atoms with E-state index in [1.165, 1.54) is 37.0 Å². The molecule has 0 N–H and O–H groups in total. The molecule has 1 saturated heterocycles. The molecule has 0 amide bonds. The predicted octanol–water partition coefficient (Wildman–Crippen LogP) is 4.43. The Morgan fingerprint density at radius 1 is 1.13 bits per heavy atom. The smallest absolute Gasteiger partial charge is 0.340 e. The number of carbonyl (C=O) groups is 1. The lowest BCUT2D eigenvalue weighted by molar-refractivity contribution is -0.149. The Bertz CT molecular complexity index is 480. The van der Waals surface area contributed by atoms with Gasteiger partial charge in [-0.15, -0.1) is 0 Å². The molecule has 0 aliphatic carbocycles. The zero-order valence-corrected chi connectivity index (χ0v) is 14.0. The zero-order valence-electron chi connectivity index (χ0n) is 14.0. The molecule has 0 bridgehead atoms. The van der Waals surface area contributed by atoms with Gasteiger partial charge < -0.3 is 9.47 Å². The van der Waals surface area contributed by atoms with E-state index >= 15 is 0 Å². The summed E-state index contributed by atoms with van der Waals surface area (Å²) in [4.78, 5) is 11.7. The minimum absolute atomic E-state index is 0.172. The first-order valence-corrected chi connectivity index (χ1v) is 8.72. The third kappa shape index (κ3) is 5.94. The molecule has 1 unspecified atom stereocenters. The molecule has 1 heterocycles. The second-order valence-corrected chi connectivity index (χ2v) is 6.25. The van der Waals surface area contributed by atoms with Crippen LogP contribution in [0, 0.1) is 5.82 Å². The van der Waals surface area contributed by atoms with Gasteiger partial charge in [-0.3, -0.25) is 0 Å². The summed E-state index contributed by atoms with van der Waals surface area (Å²) in [6.07, 6.45) is 8.65. The minimum Gasteiger partial charge on any atom is -0.464 e. The second-order valence-electron chi connectivity index (χ2n) is 6.25. The average Bonchev–Trinajstić information content (AvgIpc) is 3.33. The van der Waals surface area contributed by atoms with E-state index < -0.39 is 5.60 Å². The molecule has 23 heavy (non-hydrogen) atoms. The first kappa shape index (κ1) is 17.9. The summed E-state index contributed by atoms with van der Waals surface area (Å²) in [6.45, 7) is 2.75. The van der Waals surface area contributed by atoms with Gasteiger partial charge in [0, 0.05) is 0 Å². The molecule has 1 aromatic rings. The minimum atomic E-state index is -0.613. The Balaban J connectivity index is 1.47. The number of esters is 1. The van der Waals surface area contributed by atoms with Crippen molar-refractivity contribution in [1.29, 1.82) is 0 Å². The Morgan fingerprint density at radius 3 is 2.35 bits per heavy atom. The molecule has 1 aliphatic heterocycles. The van der Waals surface area contributed by atoms with Crippen LogP contribution in [0.5, 0.6) is 0 Å². The van der Waals surface area contributed by atoms with E-state index in [9.17, 15) is 9.18 Å². The van der Waals surface area contributed by atoms with Gasteiger partial charge in [-0.25, -0.2) is 9.18 Å². The lowest BCUT2D eigenvalue weighted by atomic mass is 10.0. The summed E-state index contributed by atoms with van der Waals surface area (Å²) >= 11 is 0. The maximum Gasteiger partial charge on any atom is 0.340 e. The van der Waals surface area contributed by atoms with E-state index in [4.69, 9.17) is 9.47 Å². The van der Waals surface area contributed by atoms with E-state index in [2.05, 4.69) is 0 Å². The van der Waals surface area contributed by atoms with Gasteiger partial charge in [0.25, 0.3) is 0 Å². The van der Waals surface area contributed by atoms with Crippen molar-refractivity contribution >= 4 is 5.97 Å². The van der Waals surface area contributed by atoms with Gasteiger partial charge in [0.05, 0.1) is 13.2 Å². The molecule has 1 atom stereocenters. The normalized spacial score (nSPS) is 19.6. The van der Waals surface area contributed by atoms with E-state index in [0.717, 1.165) is 32.1 Å². The highest BCUT2D eigenvalue weighted by atomic mass is 19.1. The first-order chi connectivity index (χ1) is 11.2. The van der Waals surface area contributed by atoms with Crippen LogP contribution in [-0.4, -0.2) is 24.8 Å². The van der Waals surface area contributed by atoms with E-state index in [-0.39, 0.29) is 11.8 Å². The largest absolute Gasteiger partial charge is 0.464 e. The van der Waals surface area contributed by atoms with Crippen molar-refractivity contribution in [2.45, 2.75) is 63.9 Å². The first-order valence-electron chi connectivity index (χ1n) is 8.72. The lowest BCUT2D eigenvalue weighted by Crippen LogP contribution is -2.27. The van der Waals surface area contributed by atoms with Gasteiger partial charge in [0.15, 0.2) is 5.60 Å². The van der Waals surface area contributed by atoms with Crippen LogP contribution in [0.25, 0.3) is 0 Å². The number of hydrogen-bond acceptors (Lipinski definition) is 3. The quantitative estimate of drug-likeness (QED) is 0.344. The topological polar surface area (TPSA) is 38.8 Å². The molecular formula is C19H27FO3. The Kier molecular flexibility index (Phi) is 7.03. The number of ether oxygens (including phenoxy) is 2. The van der Waals surface area contributed by atoms with Crippen molar-refractivity contribution in [2.24, 2.45) is 0 Å². The summed E-state index contributed by atoms with van der Waals surface area (Å²) < 4.78 is 23.1. The third-order valence-corrected chi connectivity index (χ3v) is 4.35. The maximum absolute atomic E-state index is 12.8. The second kappa shape index (κ2) is 9.02. The van der Waals surface area contributed by atoms with Gasteiger partial charge in [-0.1, -0.05) is 37.8 Å². The van der Waals surface area contributed by atoms with Crippen molar-refractivity contribution in [2.75, 3.05) is 13.2 Å². The van der Waals surface area contributed by atoms with Crippen LogP contribution in [0.1, 0.15) is 57.4 Å². The van der Waals surface area contributed by atoms with Crippen molar-refractivity contribution in [3.63, 3.8) is 0 Å². The number of carbonyl (C=O) groups excluding carboxylic acids is 1. The van der Waals surface area contributed by atoms with Gasteiger partial charge in [-0.2, -0.15) is 0 Å². The molecule has 4 heteroatoms. The van der Waals surface area contributed by atoms with Crippen LogP contribution in [0.15, 0.2) is 24.3 Å². The molecule has 128 valence electrons. The number of rotatable bonds is 11. The summed E-state index contributed by atoms with van der Waals surface area (Å²) in [5.41, 5.74) is 0.590. The molecule has 1 fully saturated rings. The fraction of sp³-hybridized carbons (Fsp3) is 0.632. The summed E-state index contributed by atoms with van der Waals surface area (Å²) in [6, 6.07) is 6.77. The number of aryl methyl sites for hydroxylation is 1. The fourth-order valence-corrected chi connectivity index (χ4v) is 2.81.